The number of rotatable bonds is 4. The molecular formula is C21H14N6OS. The molecule has 7 nitrogen and oxygen atoms in total. The van der Waals surface area contributed by atoms with Crippen LogP contribution in [0.25, 0.3) is 27.7 Å². The third kappa shape index (κ3) is 3.48. The third-order valence-corrected chi connectivity index (χ3v) is 5.25. The maximum absolute atomic E-state index is 12.7. The molecule has 5 aromatic rings. The van der Waals surface area contributed by atoms with E-state index in [0.29, 0.717) is 16.4 Å². The zero-order valence-electron chi connectivity index (χ0n) is 15.1. The van der Waals surface area contributed by atoms with Gasteiger partial charge in [-0.05, 0) is 45.5 Å². The van der Waals surface area contributed by atoms with Crippen molar-refractivity contribution in [2.24, 2.45) is 0 Å². The van der Waals surface area contributed by atoms with E-state index in [1.165, 1.54) is 27.7 Å². The number of hydrogen-bond acceptors (Lipinski definition) is 6. The van der Waals surface area contributed by atoms with E-state index < -0.39 is 0 Å². The Kier molecular flexibility index (Phi) is 4.30. The number of hydrogen-bond donors (Lipinski definition) is 1. The lowest BCUT2D eigenvalue weighted by molar-refractivity contribution is 0.102. The molecule has 8 heteroatoms. The molecule has 3 aromatic carbocycles. The summed E-state index contributed by atoms with van der Waals surface area (Å²) in [5.74, 6) is -0.237. The summed E-state index contributed by atoms with van der Waals surface area (Å²) in [6, 6.07) is 21.5. The fraction of sp³-hybridized carbons (Fsp3) is 0. The van der Waals surface area contributed by atoms with Gasteiger partial charge in [-0.3, -0.25) is 10.1 Å². The minimum Gasteiger partial charge on any atom is -0.298 e. The van der Waals surface area contributed by atoms with Crippen LogP contribution < -0.4 is 5.32 Å². The van der Waals surface area contributed by atoms with Gasteiger partial charge in [0.1, 0.15) is 6.33 Å². The number of anilines is 1. The molecule has 0 saturated heterocycles. The fourth-order valence-electron chi connectivity index (χ4n) is 3.05. The Hall–Kier alpha value is -3.91. The summed E-state index contributed by atoms with van der Waals surface area (Å²) in [4.78, 5) is 17.2. The Morgan fingerprint density at radius 1 is 0.966 bits per heavy atom. The number of nitrogens with zero attached hydrogens (tertiary/aromatic N) is 5. The second-order valence-corrected chi connectivity index (χ2v) is 7.22. The Morgan fingerprint density at radius 3 is 2.72 bits per heavy atom. The molecule has 1 amide bonds. The Labute approximate surface area is 169 Å². The molecule has 0 unspecified atom stereocenters. The van der Waals surface area contributed by atoms with Gasteiger partial charge in [0.25, 0.3) is 5.91 Å². The molecule has 0 atom stereocenters. The van der Waals surface area contributed by atoms with Crippen molar-refractivity contribution in [3.05, 3.63) is 84.0 Å². The first-order valence-electron chi connectivity index (χ1n) is 8.86. The van der Waals surface area contributed by atoms with Crippen LogP contribution >= 0.6 is 11.3 Å². The molecule has 0 radical (unpaired) electrons. The van der Waals surface area contributed by atoms with Gasteiger partial charge in [0, 0.05) is 16.5 Å². The lowest BCUT2D eigenvalue weighted by Gasteiger charge is -2.04. The standard InChI is InChI=1S/C21H14N6OS/c28-20(17-6-3-7-18(11-17)27-13-22-25-26-27)24-21-23-19(12-29-21)16-9-8-14-4-1-2-5-15(14)10-16/h1-13H,(H,23,24,28). The van der Waals surface area contributed by atoms with E-state index in [9.17, 15) is 4.79 Å². The third-order valence-electron chi connectivity index (χ3n) is 4.49. The van der Waals surface area contributed by atoms with Crippen molar-refractivity contribution in [2.45, 2.75) is 0 Å². The highest BCUT2D eigenvalue weighted by Gasteiger charge is 2.11. The summed E-state index contributed by atoms with van der Waals surface area (Å²) in [7, 11) is 0. The number of amides is 1. The molecule has 0 aliphatic heterocycles. The van der Waals surface area contributed by atoms with Crippen molar-refractivity contribution < 1.29 is 4.79 Å². The first kappa shape index (κ1) is 17.2. The van der Waals surface area contributed by atoms with Crippen LogP contribution in [0.15, 0.2) is 78.4 Å². The zero-order chi connectivity index (χ0) is 19.6. The predicted octanol–water partition coefficient (Wildman–Crippen LogP) is 4.19. The van der Waals surface area contributed by atoms with Crippen LogP contribution in [0.5, 0.6) is 0 Å². The molecule has 0 saturated carbocycles. The SMILES string of the molecule is O=C(Nc1nc(-c2ccc3ccccc3c2)cs1)c1cccc(-n2cnnn2)c1. The molecule has 29 heavy (non-hydrogen) atoms. The first-order valence-corrected chi connectivity index (χ1v) is 9.74. The van der Waals surface area contributed by atoms with Crippen molar-refractivity contribution in [1.82, 2.24) is 25.2 Å². The Balaban J connectivity index is 1.37. The maximum atomic E-state index is 12.7. The summed E-state index contributed by atoms with van der Waals surface area (Å²) in [5, 5.41) is 18.8. The smallest absolute Gasteiger partial charge is 0.257 e. The Bertz CT molecular complexity index is 1310. The lowest BCUT2D eigenvalue weighted by Crippen LogP contribution is -2.12. The predicted molar refractivity (Wildman–Crippen MR) is 112 cm³/mol. The largest absolute Gasteiger partial charge is 0.298 e. The molecule has 0 fully saturated rings. The summed E-state index contributed by atoms with van der Waals surface area (Å²) < 4.78 is 1.50. The van der Waals surface area contributed by atoms with Crippen molar-refractivity contribution in [3.63, 3.8) is 0 Å². The quantitative estimate of drug-likeness (QED) is 0.491. The normalized spacial score (nSPS) is 10.9. The molecule has 0 bridgehead atoms. The number of carbonyl (C=O) groups is 1. The van der Waals surface area contributed by atoms with Crippen LogP contribution in [0, 0.1) is 0 Å². The van der Waals surface area contributed by atoms with Gasteiger partial charge in [-0.15, -0.1) is 16.4 Å². The van der Waals surface area contributed by atoms with Crippen LogP contribution in [0.3, 0.4) is 0 Å². The van der Waals surface area contributed by atoms with Gasteiger partial charge < -0.3 is 0 Å². The van der Waals surface area contributed by atoms with Crippen LogP contribution in [0.2, 0.25) is 0 Å². The van der Waals surface area contributed by atoms with Crippen LogP contribution in [-0.4, -0.2) is 31.1 Å². The molecule has 0 aliphatic rings. The van der Waals surface area contributed by atoms with Crippen molar-refractivity contribution >= 4 is 33.1 Å². The van der Waals surface area contributed by atoms with E-state index in [1.54, 1.807) is 18.2 Å². The highest BCUT2D eigenvalue weighted by molar-refractivity contribution is 7.14. The van der Waals surface area contributed by atoms with Crippen molar-refractivity contribution in [3.8, 4) is 16.9 Å². The van der Waals surface area contributed by atoms with Gasteiger partial charge in [-0.1, -0.05) is 42.5 Å². The molecule has 0 aliphatic carbocycles. The van der Waals surface area contributed by atoms with Gasteiger partial charge >= 0.3 is 0 Å². The Morgan fingerprint density at radius 2 is 1.86 bits per heavy atom. The topological polar surface area (TPSA) is 85.6 Å². The van der Waals surface area contributed by atoms with Crippen molar-refractivity contribution in [1.29, 1.82) is 0 Å². The average molecular weight is 398 g/mol. The second kappa shape index (κ2) is 7.25. The molecule has 0 spiro atoms. The molecule has 2 aromatic heterocycles. The van der Waals surface area contributed by atoms with E-state index in [0.717, 1.165) is 16.6 Å². The number of aromatic nitrogens is 5. The minimum absolute atomic E-state index is 0.237. The number of fused-ring (bicyclic) bond motifs is 1. The van der Waals surface area contributed by atoms with Gasteiger partial charge in [0.15, 0.2) is 5.13 Å². The zero-order valence-corrected chi connectivity index (χ0v) is 15.9. The van der Waals surface area contributed by atoms with E-state index >= 15 is 0 Å². The number of carbonyl (C=O) groups excluding carboxylic acids is 1. The summed E-state index contributed by atoms with van der Waals surface area (Å²) in [6.07, 6.45) is 1.48. The summed E-state index contributed by atoms with van der Waals surface area (Å²) >= 11 is 1.39. The van der Waals surface area contributed by atoms with E-state index in [2.05, 4.69) is 50.1 Å². The lowest BCUT2D eigenvalue weighted by atomic mass is 10.1. The molecule has 140 valence electrons. The second-order valence-electron chi connectivity index (χ2n) is 6.36. The van der Waals surface area contributed by atoms with Gasteiger partial charge in [-0.25, -0.2) is 9.67 Å². The molecular weight excluding hydrogens is 384 g/mol. The average Bonchev–Trinajstić information content (AvgIpc) is 3.46. The van der Waals surface area contributed by atoms with Gasteiger partial charge in [0.05, 0.1) is 11.4 Å². The summed E-state index contributed by atoms with van der Waals surface area (Å²) in [5.41, 5.74) is 3.05. The minimum atomic E-state index is -0.237. The summed E-state index contributed by atoms with van der Waals surface area (Å²) in [6.45, 7) is 0. The first-order chi connectivity index (χ1) is 14.3. The van der Waals surface area contributed by atoms with Gasteiger partial charge in [0.2, 0.25) is 0 Å². The highest BCUT2D eigenvalue weighted by Crippen LogP contribution is 2.28. The van der Waals surface area contributed by atoms with Crippen molar-refractivity contribution in [2.75, 3.05) is 5.32 Å². The van der Waals surface area contributed by atoms with E-state index in [4.69, 9.17) is 0 Å². The number of thiazole rings is 1. The maximum Gasteiger partial charge on any atom is 0.257 e. The van der Waals surface area contributed by atoms with E-state index in [-0.39, 0.29) is 5.91 Å². The number of benzene rings is 3. The molecule has 5 rings (SSSR count). The van der Waals surface area contributed by atoms with Gasteiger partial charge in [-0.2, -0.15) is 0 Å². The molecule has 2 heterocycles. The van der Waals surface area contributed by atoms with Crippen LogP contribution in [0.4, 0.5) is 5.13 Å². The van der Waals surface area contributed by atoms with Crippen LogP contribution in [0.1, 0.15) is 10.4 Å². The highest BCUT2D eigenvalue weighted by atomic mass is 32.1. The van der Waals surface area contributed by atoms with E-state index in [1.807, 2.05) is 29.6 Å². The number of nitrogens with one attached hydrogen (secondary N) is 1. The monoisotopic (exact) mass is 398 g/mol. The number of tetrazole rings is 1. The van der Waals surface area contributed by atoms with Crippen LogP contribution in [-0.2, 0) is 0 Å². The fourth-order valence-corrected chi connectivity index (χ4v) is 3.77. The molecule has 1 N–H and O–H groups in total.